The molecule has 0 spiro atoms. The Hall–Kier alpha value is -2.12. The molecule has 6 nitrogen and oxygen atoms in total. The first-order valence-corrected chi connectivity index (χ1v) is 8.12. The van der Waals surface area contributed by atoms with Gasteiger partial charge >= 0.3 is 0 Å². The second-order valence-corrected chi connectivity index (χ2v) is 5.70. The van der Waals surface area contributed by atoms with Gasteiger partial charge in [-0.05, 0) is 37.6 Å². The maximum Gasteiger partial charge on any atom is 0.276 e. The molecule has 3 rings (SSSR count). The van der Waals surface area contributed by atoms with Crippen molar-refractivity contribution in [3.63, 3.8) is 0 Å². The summed E-state index contributed by atoms with van der Waals surface area (Å²) in [6, 6.07) is 8.88. The lowest BCUT2D eigenvalue weighted by molar-refractivity contribution is 0.102. The number of halogens is 2. The van der Waals surface area contributed by atoms with Crippen LogP contribution >= 0.6 is 12.4 Å². The summed E-state index contributed by atoms with van der Waals surface area (Å²) in [6.45, 7) is 1.35. The minimum atomic E-state index is -0.552. The lowest BCUT2D eigenvalue weighted by Gasteiger charge is -2.22. The lowest BCUT2D eigenvalue weighted by atomic mass is 10.1. The Morgan fingerprint density at radius 2 is 2.32 bits per heavy atom. The third kappa shape index (κ3) is 5.17. The summed E-state index contributed by atoms with van der Waals surface area (Å²) in [7, 11) is 0. The van der Waals surface area contributed by atoms with Gasteiger partial charge in [0.25, 0.3) is 5.91 Å². The normalized spacial score (nSPS) is 16.8. The monoisotopic (exact) mass is 368 g/mol. The van der Waals surface area contributed by atoms with Gasteiger partial charge in [-0.15, -0.1) is 12.4 Å². The molecule has 0 aliphatic carbocycles. The number of rotatable bonds is 6. The Bertz CT molecular complexity index is 689. The van der Waals surface area contributed by atoms with Gasteiger partial charge in [0.2, 0.25) is 0 Å². The zero-order chi connectivity index (χ0) is 16.8. The number of anilines is 1. The Labute approximate surface area is 152 Å². The summed E-state index contributed by atoms with van der Waals surface area (Å²) in [5, 5.41) is 10.5. The van der Waals surface area contributed by atoms with Gasteiger partial charge in [-0.3, -0.25) is 9.48 Å². The highest BCUT2D eigenvalue weighted by molar-refractivity contribution is 6.02. The van der Waals surface area contributed by atoms with Crippen LogP contribution in [0.4, 0.5) is 10.1 Å². The van der Waals surface area contributed by atoms with E-state index in [1.807, 2.05) is 10.9 Å². The van der Waals surface area contributed by atoms with Crippen LogP contribution in [-0.2, 0) is 0 Å². The molecule has 1 aromatic carbocycles. The van der Waals surface area contributed by atoms with Crippen molar-refractivity contribution >= 4 is 24.0 Å². The first kappa shape index (κ1) is 19.2. The minimum absolute atomic E-state index is 0. The predicted octanol–water partition coefficient (Wildman–Crippen LogP) is 2.83. The molecule has 1 unspecified atom stereocenters. The summed E-state index contributed by atoms with van der Waals surface area (Å²) in [5.41, 5.74) is 0.959. The van der Waals surface area contributed by atoms with Crippen molar-refractivity contribution in [1.82, 2.24) is 15.1 Å². The first-order valence-electron chi connectivity index (χ1n) is 8.12. The van der Waals surface area contributed by atoms with Gasteiger partial charge in [0.05, 0.1) is 6.04 Å². The van der Waals surface area contributed by atoms with Crippen molar-refractivity contribution in [2.75, 3.05) is 31.7 Å². The number of alkyl halides is 1. The maximum atomic E-state index is 12.3. The molecule has 2 N–H and O–H groups in total. The number of benzene rings is 1. The third-order valence-electron chi connectivity index (χ3n) is 3.92. The van der Waals surface area contributed by atoms with Crippen LogP contribution in [0.25, 0.3) is 0 Å². The molecular weight excluding hydrogens is 347 g/mol. The van der Waals surface area contributed by atoms with Crippen LogP contribution in [0.15, 0.2) is 36.5 Å². The zero-order valence-corrected chi connectivity index (χ0v) is 14.6. The largest absolute Gasteiger partial charge is 0.491 e. The van der Waals surface area contributed by atoms with Crippen LogP contribution in [0.1, 0.15) is 29.4 Å². The van der Waals surface area contributed by atoms with E-state index < -0.39 is 6.67 Å². The number of nitrogens with zero attached hydrogens (tertiary/aromatic N) is 2. The first-order chi connectivity index (χ1) is 11.8. The molecule has 0 bridgehead atoms. The van der Waals surface area contributed by atoms with Crippen molar-refractivity contribution in [3.05, 3.63) is 42.2 Å². The number of carbonyl (C=O) groups is 1. The average molecular weight is 369 g/mol. The van der Waals surface area contributed by atoms with Crippen LogP contribution in [-0.4, -0.2) is 42.1 Å². The number of hydrogen-bond acceptors (Lipinski definition) is 4. The van der Waals surface area contributed by atoms with Crippen molar-refractivity contribution in [1.29, 1.82) is 0 Å². The topological polar surface area (TPSA) is 68.2 Å². The van der Waals surface area contributed by atoms with Gasteiger partial charge in [-0.2, -0.15) is 5.10 Å². The fraction of sp³-hybridized carbons (Fsp3) is 0.412. The molecule has 1 fully saturated rings. The van der Waals surface area contributed by atoms with Gasteiger partial charge in [-0.25, -0.2) is 4.39 Å². The Kier molecular flexibility index (Phi) is 7.21. The summed E-state index contributed by atoms with van der Waals surface area (Å²) in [6.07, 6.45) is 4.01. The molecule has 25 heavy (non-hydrogen) atoms. The van der Waals surface area contributed by atoms with Gasteiger partial charge in [0.15, 0.2) is 5.69 Å². The van der Waals surface area contributed by atoms with E-state index in [4.69, 9.17) is 4.74 Å². The van der Waals surface area contributed by atoms with E-state index in [-0.39, 0.29) is 31.0 Å². The van der Waals surface area contributed by atoms with Crippen molar-refractivity contribution in [3.8, 4) is 5.75 Å². The smallest absolute Gasteiger partial charge is 0.276 e. The number of nitrogens with one attached hydrogen (secondary N) is 2. The Morgan fingerprint density at radius 1 is 1.44 bits per heavy atom. The summed E-state index contributed by atoms with van der Waals surface area (Å²) in [4.78, 5) is 12.3. The molecule has 2 aromatic rings. The number of carbonyl (C=O) groups excluding carboxylic acids is 1. The molecule has 8 heteroatoms. The third-order valence-corrected chi connectivity index (χ3v) is 3.92. The SMILES string of the molecule is Cl.O=C(Nc1cccc(OCCF)c1)c1ccn(C2CCCNC2)n1. The van der Waals surface area contributed by atoms with Crippen LogP contribution < -0.4 is 15.4 Å². The lowest BCUT2D eigenvalue weighted by Crippen LogP contribution is -2.32. The summed E-state index contributed by atoms with van der Waals surface area (Å²) < 4.78 is 19.2. The molecule has 1 aliphatic rings. The molecule has 136 valence electrons. The number of aromatic nitrogens is 2. The zero-order valence-electron chi connectivity index (χ0n) is 13.8. The molecular formula is C17H22ClFN4O2. The van der Waals surface area contributed by atoms with Gasteiger partial charge < -0.3 is 15.4 Å². The Morgan fingerprint density at radius 3 is 3.08 bits per heavy atom. The van der Waals surface area contributed by atoms with Gasteiger partial charge in [0, 0.05) is 24.5 Å². The molecule has 2 heterocycles. The molecule has 1 amide bonds. The van der Waals surface area contributed by atoms with Crippen LogP contribution in [0.2, 0.25) is 0 Å². The summed E-state index contributed by atoms with van der Waals surface area (Å²) >= 11 is 0. The van der Waals surface area contributed by atoms with Crippen LogP contribution in [0.5, 0.6) is 5.75 Å². The highest BCUT2D eigenvalue weighted by atomic mass is 35.5. The van der Waals surface area contributed by atoms with E-state index in [9.17, 15) is 9.18 Å². The van der Waals surface area contributed by atoms with E-state index in [1.165, 1.54) is 0 Å². The van der Waals surface area contributed by atoms with Crippen molar-refractivity contribution in [2.45, 2.75) is 18.9 Å². The number of ether oxygens (including phenoxy) is 1. The molecule has 1 aliphatic heterocycles. The van der Waals surface area contributed by atoms with E-state index in [1.54, 1.807) is 30.3 Å². The Balaban J connectivity index is 0.00000225. The highest BCUT2D eigenvalue weighted by Gasteiger charge is 2.17. The fourth-order valence-corrected chi connectivity index (χ4v) is 2.74. The molecule has 0 saturated carbocycles. The minimum Gasteiger partial charge on any atom is -0.491 e. The van der Waals surface area contributed by atoms with E-state index in [0.717, 1.165) is 25.9 Å². The molecule has 1 aromatic heterocycles. The number of hydrogen-bond donors (Lipinski definition) is 2. The highest BCUT2D eigenvalue weighted by Crippen LogP contribution is 2.19. The van der Waals surface area contributed by atoms with E-state index >= 15 is 0 Å². The quantitative estimate of drug-likeness (QED) is 0.822. The molecule has 0 radical (unpaired) electrons. The maximum absolute atomic E-state index is 12.3. The fourth-order valence-electron chi connectivity index (χ4n) is 2.74. The summed E-state index contributed by atoms with van der Waals surface area (Å²) in [5.74, 6) is 0.240. The van der Waals surface area contributed by atoms with Gasteiger partial charge in [-0.1, -0.05) is 6.07 Å². The van der Waals surface area contributed by atoms with Crippen molar-refractivity contribution < 1.29 is 13.9 Å². The number of piperidine rings is 1. The van der Waals surface area contributed by atoms with Crippen LogP contribution in [0, 0.1) is 0 Å². The van der Waals surface area contributed by atoms with Crippen LogP contribution in [0.3, 0.4) is 0 Å². The van der Waals surface area contributed by atoms with E-state index in [0.29, 0.717) is 17.1 Å². The predicted molar refractivity (Wildman–Crippen MR) is 96.5 cm³/mol. The second kappa shape index (κ2) is 9.39. The average Bonchev–Trinajstić information content (AvgIpc) is 3.11. The molecule has 1 saturated heterocycles. The van der Waals surface area contributed by atoms with Gasteiger partial charge in [0.1, 0.15) is 19.0 Å². The standard InChI is InChI=1S/C17H21FN4O2.ClH/c18-7-10-24-15-5-1-3-13(11-15)20-17(23)16-6-9-22(21-16)14-4-2-8-19-12-14;/h1,3,5-6,9,11,14,19H,2,4,7-8,10,12H2,(H,20,23);1H. The second-order valence-electron chi connectivity index (χ2n) is 5.70. The van der Waals surface area contributed by atoms with E-state index in [2.05, 4.69) is 15.7 Å². The number of amides is 1. The van der Waals surface area contributed by atoms with Crippen molar-refractivity contribution in [2.24, 2.45) is 0 Å². The molecule has 1 atom stereocenters.